The molecular weight excluding hydrogens is 414 g/mol. The third-order valence-electron chi connectivity index (χ3n) is 6.89. The molecule has 5 rings (SSSR count). The van der Waals surface area contributed by atoms with Gasteiger partial charge in [-0.1, -0.05) is 59.3 Å². The predicted molar refractivity (Wildman–Crippen MR) is 126 cm³/mol. The number of carbonyl (C=O) groups is 1. The molecule has 7 heteroatoms. The van der Waals surface area contributed by atoms with Crippen LogP contribution in [-0.2, 0) is 24.3 Å². The summed E-state index contributed by atoms with van der Waals surface area (Å²) >= 11 is 0. The summed E-state index contributed by atoms with van der Waals surface area (Å²) in [6, 6.07) is 16.5. The van der Waals surface area contributed by atoms with Crippen LogP contribution in [0.3, 0.4) is 0 Å². The van der Waals surface area contributed by atoms with Crippen LogP contribution in [0.1, 0.15) is 29.5 Å². The fourth-order valence-corrected chi connectivity index (χ4v) is 4.74. The highest BCUT2D eigenvalue weighted by molar-refractivity contribution is 5.81. The van der Waals surface area contributed by atoms with Crippen molar-refractivity contribution in [2.75, 3.05) is 32.7 Å². The number of rotatable bonds is 5. The Labute approximate surface area is 195 Å². The second kappa shape index (κ2) is 9.45. The topological polar surface area (TPSA) is 65.7 Å². The Bertz CT molecular complexity index is 1100. The zero-order chi connectivity index (χ0) is 22.8. The summed E-state index contributed by atoms with van der Waals surface area (Å²) in [5.74, 6) is 1.50. The van der Waals surface area contributed by atoms with Crippen LogP contribution in [0.4, 0.5) is 0 Å². The first kappa shape index (κ1) is 21.8. The van der Waals surface area contributed by atoms with Gasteiger partial charge in [0.25, 0.3) is 0 Å². The predicted octanol–water partition coefficient (Wildman–Crippen LogP) is 3.14. The lowest BCUT2D eigenvalue weighted by Crippen LogP contribution is -2.54. The largest absolute Gasteiger partial charge is 0.338 e. The van der Waals surface area contributed by atoms with Crippen molar-refractivity contribution >= 4 is 5.91 Å². The molecule has 3 aromatic rings. The van der Waals surface area contributed by atoms with Crippen LogP contribution in [0.5, 0.6) is 0 Å². The number of aromatic nitrogens is 2. The van der Waals surface area contributed by atoms with Crippen molar-refractivity contribution in [2.24, 2.45) is 0 Å². The van der Waals surface area contributed by atoms with Gasteiger partial charge in [-0.15, -0.1) is 0 Å². The molecule has 0 saturated carbocycles. The Morgan fingerprint density at radius 3 is 2.48 bits per heavy atom. The van der Waals surface area contributed by atoms with E-state index in [2.05, 4.69) is 63.3 Å². The van der Waals surface area contributed by atoms with Gasteiger partial charge in [-0.3, -0.25) is 14.6 Å². The fourth-order valence-electron chi connectivity index (χ4n) is 4.74. The highest BCUT2D eigenvalue weighted by Crippen LogP contribution is 2.21. The third-order valence-corrected chi connectivity index (χ3v) is 6.89. The molecule has 33 heavy (non-hydrogen) atoms. The van der Waals surface area contributed by atoms with Crippen molar-refractivity contribution in [3.8, 4) is 11.4 Å². The molecule has 2 aliphatic heterocycles. The summed E-state index contributed by atoms with van der Waals surface area (Å²) in [6.45, 7) is 9.74. The second-order valence-corrected chi connectivity index (χ2v) is 9.14. The Morgan fingerprint density at radius 2 is 1.73 bits per heavy atom. The van der Waals surface area contributed by atoms with E-state index in [1.54, 1.807) is 0 Å². The number of fused-ring (bicyclic) bond motifs is 1. The Morgan fingerprint density at radius 1 is 1.00 bits per heavy atom. The molecule has 0 N–H and O–H groups in total. The van der Waals surface area contributed by atoms with E-state index in [1.807, 2.05) is 24.0 Å². The van der Waals surface area contributed by atoms with E-state index in [4.69, 9.17) is 4.52 Å². The van der Waals surface area contributed by atoms with Gasteiger partial charge >= 0.3 is 0 Å². The first-order valence-electron chi connectivity index (χ1n) is 11.8. The molecule has 1 aromatic heterocycles. The summed E-state index contributed by atoms with van der Waals surface area (Å²) in [5.41, 5.74) is 4.82. The molecule has 1 saturated heterocycles. The number of hydrogen-bond donors (Lipinski definition) is 0. The maximum atomic E-state index is 13.2. The molecule has 1 amide bonds. The molecule has 3 heterocycles. The normalized spacial score (nSPS) is 18.2. The van der Waals surface area contributed by atoms with E-state index in [0.29, 0.717) is 18.3 Å². The number of amides is 1. The van der Waals surface area contributed by atoms with Crippen LogP contribution in [0.15, 0.2) is 53.1 Å². The van der Waals surface area contributed by atoms with Crippen LogP contribution in [0.2, 0.25) is 0 Å². The molecule has 2 aromatic carbocycles. The Hall–Kier alpha value is -3.03. The van der Waals surface area contributed by atoms with Crippen LogP contribution >= 0.6 is 0 Å². The Balaban J connectivity index is 1.13. The highest BCUT2D eigenvalue weighted by atomic mass is 16.5. The second-order valence-electron chi connectivity index (χ2n) is 9.14. The molecule has 0 aliphatic carbocycles. The third kappa shape index (κ3) is 4.84. The molecule has 2 aliphatic rings. The van der Waals surface area contributed by atoms with Gasteiger partial charge in [0.05, 0.1) is 12.6 Å². The lowest BCUT2D eigenvalue weighted by Gasteiger charge is -2.39. The zero-order valence-electron chi connectivity index (χ0n) is 19.4. The van der Waals surface area contributed by atoms with Crippen molar-refractivity contribution in [1.82, 2.24) is 24.8 Å². The SMILES string of the molecule is Cc1ccc(-c2noc(CN3CCN(C(C)C(=O)N4CCc5ccccc5C4)CC3)n2)cc1. The first-order chi connectivity index (χ1) is 16.1. The Kier molecular flexibility index (Phi) is 6.24. The van der Waals surface area contributed by atoms with Gasteiger partial charge in [0.2, 0.25) is 17.6 Å². The van der Waals surface area contributed by atoms with E-state index in [0.717, 1.165) is 51.3 Å². The van der Waals surface area contributed by atoms with Crippen molar-refractivity contribution in [3.05, 3.63) is 71.1 Å². The minimum Gasteiger partial charge on any atom is -0.338 e. The van der Waals surface area contributed by atoms with Crippen LogP contribution in [0.25, 0.3) is 11.4 Å². The first-order valence-corrected chi connectivity index (χ1v) is 11.8. The molecular formula is C26H31N5O2. The standard InChI is InChI=1S/C26H31N5O2/c1-19-7-9-22(10-8-19)25-27-24(33-28-25)18-29-13-15-30(16-14-29)20(2)26(32)31-12-11-21-5-3-4-6-23(21)17-31/h3-10,20H,11-18H2,1-2H3. The summed E-state index contributed by atoms with van der Waals surface area (Å²) in [5, 5.41) is 4.14. The minimum atomic E-state index is -0.103. The number of piperazine rings is 1. The molecule has 0 bridgehead atoms. The van der Waals surface area contributed by atoms with Crippen molar-refractivity contribution in [2.45, 2.75) is 39.4 Å². The monoisotopic (exact) mass is 445 g/mol. The zero-order valence-corrected chi connectivity index (χ0v) is 19.4. The van der Waals surface area contributed by atoms with Gasteiger partial charge in [0, 0.05) is 44.8 Å². The fraction of sp³-hybridized carbons (Fsp3) is 0.423. The average Bonchev–Trinajstić information content (AvgIpc) is 3.32. The van der Waals surface area contributed by atoms with Gasteiger partial charge in [-0.05, 0) is 31.4 Å². The molecule has 0 spiro atoms. The molecule has 1 unspecified atom stereocenters. The van der Waals surface area contributed by atoms with E-state index in [1.165, 1.54) is 16.7 Å². The minimum absolute atomic E-state index is 0.103. The van der Waals surface area contributed by atoms with Gasteiger partial charge in [0.1, 0.15) is 0 Å². The van der Waals surface area contributed by atoms with Crippen molar-refractivity contribution < 1.29 is 9.32 Å². The maximum absolute atomic E-state index is 13.2. The van der Waals surface area contributed by atoms with Crippen LogP contribution < -0.4 is 0 Å². The number of hydrogen-bond acceptors (Lipinski definition) is 6. The van der Waals surface area contributed by atoms with Crippen molar-refractivity contribution in [3.63, 3.8) is 0 Å². The quantitative estimate of drug-likeness (QED) is 0.601. The number of benzene rings is 2. The van der Waals surface area contributed by atoms with Gasteiger partial charge in [-0.25, -0.2) is 0 Å². The molecule has 1 atom stereocenters. The highest BCUT2D eigenvalue weighted by Gasteiger charge is 2.30. The van der Waals surface area contributed by atoms with E-state index >= 15 is 0 Å². The number of nitrogens with zero attached hydrogens (tertiary/aromatic N) is 5. The van der Waals surface area contributed by atoms with Crippen LogP contribution in [-0.4, -0.2) is 69.5 Å². The lowest BCUT2D eigenvalue weighted by molar-refractivity contribution is -0.138. The van der Waals surface area contributed by atoms with Gasteiger partial charge in [-0.2, -0.15) is 4.98 Å². The molecule has 0 radical (unpaired) electrons. The van der Waals surface area contributed by atoms with E-state index in [-0.39, 0.29) is 11.9 Å². The van der Waals surface area contributed by atoms with E-state index < -0.39 is 0 Å². The maximum Gasteiger partial charge on any atom is 0.241 e. The van der Waals surface area contributed by atoms with Crippen molar-refractivity contribution in [1.29, 1.82) is 0 Å². The molecule has 7 nitrogen and oxygen atoms in total. The smallest absolute Gasteiger partial charge is 0.241 e. The number of aryl methyl sites for hydroxylation is 1. The molecule has 1 fully saturated rings. The van der Waals surface area contributed by atoms with Crippen LogP contribution in [0, 0.1) is 6.92 Å². The summed E-state index contributed by atoms with van der Waals surface area (Å²) in [7, 11) is 0. The van der Waals surface area contributed by atoms with Gasteiger partial charge in [0.15, 0.2) is 0 Å². The van der Waals surface area contributed by atoms with E-state index in [9.17, 15) is 4.79 Å². The lowest BCUT2D eigenvalue weighted by atomic mass is 9.99. The van der Waals surface area contributed by atoms with Gasteiger partial charge < -0.3 is 9.42 Å². The molecule has 172 valence electrons. The summed E-state index contributed by atoms with van der Waals surface area (Å²) in [4.78, 5) is 24.4. The summed E-state index contributed by atoms with van der Waals surface area (Å²) in [6.07, 6.45) is 0.942. The average molecular weight is 446 g/mol. The summed E-state index contributed by atoms with van der Waals surface area (Å²) < 4.78 is 5.50. The number of carbonyl (C=O) groups excluding carboxylic acids is 1.